The molecule has 0 spiro atoms. The summed E-state index contributed by atoms with van der Waals surface area (Å²) in [6.07, 6.45) is 4.61. The van der Waals surface area contributed by atoms with Gasteiger partial charge in [0.25, 0.3) is 0 Å². The Bertz CT molecular complexity index is 315. The van der Waals surface area contributed by atoms with Crippen molar-refractivity contribution in [3.63, 3.8) is 0 Å². The molecule has 4 heteroatoms. The van der Waals surface area contributed by atoms with Gasteiger partial charge < -0.3 is 9.64 Å². The second-order valence-electron chi connectivity index (χ2n) is 6.31. The fraction of sp³-hybridized carbons (Fsp3) is 0.938. The fourth-order valence-corrected chi connectivity index (χ4v) is 2.85. The molecule has 0 bridgehead atoms. The van der Waals surface area contributed by atoms with Crippen LogP contribution in [0, 0.1) is 17.2 Å². The summed E-state index contributed by atoms with van der Waals surface area (Å²) in [5, 5.41) is 12.7. The molecule has 1 heterocycles. The summed E-state index contributed by atoms with van der Waals surface area (Å²) in [6.45, 7) is 10.6. The quantitative estimate of drug-likeness (QED) is 0.742. The smallest absolute Gasteiger partial charge is 0.103 e. The maximum atomic E-state index is 9.32. The van der Waals surface area contributed by atoms with Gasteiger partial charge in [0.2, 0.25) is 0 Å². The summed E-state index contributed by atoms with van der Waals surface area (Å²) < 4.78 is 5.55. The molecule has 1 N–H and O–H groups in total. The second kappa shape index (κ2) is 8.61. The number of rotatable bonds is 8. The lowest BCUT2D eigenvalue weighted by molar-refractivity contribution is -0.00552. The van der Waals surface area contributed by atoms with Gasteiger partial charge in [-0.05, 0) is 58.2 Å². The molecular weight excluding hydrogens is 250 g/mol. The van der Waals surface area contributed by atoms with Crippen LogP contribution in [-0.2, 0) is 4.74 Å². The Morgan fingerprint density at radius 2 is 2.25 bits per heavy atom. The van der Waals surface area contributed by atoms with E-state index in [-0.39, 0.29) is 5.54 Å². The number of nitrogens with zero attached hydrogens (tertiary/aromatic N) is 2. The molecule has 1 saturated heterocycles. The zero-order valence-corrected chi connectivity index (χ0v) is 13.6. The Kier molecular flexibility index (Phi) is 7.50. The van der Waals surface area contributed by atoms with E-state index in [9.17, 15) is 5.26 Å². The Morgan fingerprint density at radius 1 is 1.50 bits per heavy atom. The Labute approximate surface area is 124 Å². The van der Waals surface area contributed by atoms with Crippen LogP contribution in [0.3, 0.4) is 0 Å². The van der Waals surface area contributed by atoms with Gasteiger partial charge in [0.05, 0.1) is 12.2 Å². The highest BCUT2D eigenvalue weighted by molar-refractivity contribution is 5.03. The van der Waals surface area contributed by atoms with Crippen LogP contribution in [0.2, 0.25) is 0 Å². The molecule has 3 unspecified atom stereocenters. The first-order chi connectivity index (χ1) is 9.54. The van der Waals surface area contributed by atoms with E-state index < -0.39 is 0 Å². The molecule has 0 radical (unpaired) electrons. The summed E-state index contributed by atoms with van der Waals surface area (Å²) in [7, 11) is 1.81. The van der Waals surface area contributed by atoms with Crippen LogP contribution in [0.5, 0.6) is 0 Å². The normalized spacial score (nSPS) is 26.9. The Hall–Kier alpha value is -0.630. The van der Waals surface area contributed by atoms with E-state index in [1.165, 1.54) is 6.42 Å². The molecule has 1 aliphatic rings. The molecule has 0 aromatic carbocycles. The molecule has 0 amide bonds. The largest absolute Gasteiger partial charge is 0.380 e. The molecule has 20 heavy (non-hydrogen) atoms. The van der Waals surface area contributed by atoms with Crippen LogP contribution < -0.4 is 5.32 Å². The van der Waals surface area contributed by atoms with Gasteiger partial charge in [-0.25, -0.2) is 0 Å². The minimum absolute atomic E-state index is 0.365. The van der Waals surface area contributed by atoms with Gasteiger partial charge in [0.15, 0.2) is 0 Å². The molecule has 0 aliphatic carbocycles. The number of methoxy groups -OCH3 is 1. The third-order valence-electron chi connectivity index (χ3n) is 4.44. The molecule has 1 fully saturated rings. The number of ether oxygens (including phenoxy) is 1. The van der Waals surface area contributed by atoms with Crippen molar-refractivity contribution in [2.45, 2.75) is 58.1 Å². The van der Waals surface area contributed by atoms with Gasteiger partial charge >= 0.3 is 0 Å². The molecule has 1 aliphatic heterocycles. The van der Waals surface area contributed by atoms with Crippen molar-refractivity contribution in [3.8, 4) is 6.07 Å². The zero-order valence-electron chi connectivity index (χ0n) is 13.6. The minimum atomic E-state index is -0.375. The number of nitriles is 1. The topological polar surface area (TPSA) is 48.3 Å². The van der Waals surface area contributed by atoms with Crippen LogP contribution in [0.1, 0.15) is 46.5 Å². The molecule has 0 aromatic rings. The molecule has 3 atom stereocenters. The van der Waals surface area contributed by atoms with Gasteiger partial charge in [-0.1, -0.05) is 13.8 Å². The van der Waals surface area contributed by atoms with Gasteiger partial charge in [-0.2, -0.15) is 5.26 Å². The highest BCUT2D eigenvalue weighted by atomic mass is 16.5. The van der Waals surface area contributed by atoms with E-state index in [1.807, 2.05) is 14.0 Å². The fourth-order valence-electron chi connectivity index (χ4n) is 2.85. The first kappa shape index (κ1) is 17.4. The van der Waals surface area contributed by atoms with Crippen molar-refractivity contribution in [1.29, 1.82) is 5.26 Å². The van der Waals surface area contributed by atoms with Crippen LogP contribution >= 0.6 is 0 Å². The van der Waals surface area contributed by atoms with Crippen LogP contribution in [0.15, 0.2) is 0 Å². The van der Waals surface area contributed by atoms with E-state index in [1.54, 1.807) is 0 Å². The Balaban J connectivity index is 2.31. The number of hydrogen-bond acceptors (Lipinski definition) is 4. The first-order valence-corrected chi connectivity index (χ1v) is 7.96. The number of hydrogen-bond donors (Lipinski definition) is 1. The lowest BCUT2D eigenvalue weighted by atomic mass is 9.94. The number of piperidine rings is 1. The van der Waals surface area contributed by atoms with Crippen molar-refractivity contribution < 1.29 is 4.74 Å². The predicted molar refractivity (Wildman–Crippen MR) is 82.6 cm³/mol. The van der Waals surface area contributed by atoms with Crippen LogP contribution in [-0.4, -0.2) is 49.8 Å². The zero-order chi connectivity index (χ0) is 15.0. The van der Waals surface area contributed by atoms with E-state index in [2.05, 4.69) is 30.1 Å². The van der Waals surface area contributed by atoms with E-state index in [0.29, 0.717) is 12.0 Å². The van der Waals surface area contributed by atoms with Crippen LogP contribution in [0.4, 0.5) is 0 Å². The predicted octanol–water partition coefficient (Wildman–Crippen LogP) is 2.41. The van der Waals surface area contributed by atoms with Gasteiger partial charge in [0.1, 0.15) is 5.54 Å². The maximum absolute atomic E-state index is 9.32. The summed E-state index contributed by atoms with van der Waals surface area (Å²) in [6, 6.07) is 2.42. The number of nitrogens with one attached hydrogen (secondary N) is 1. The standard InChI is InChI=1S/C16H31N3O/c1-5-9-18-16(3,13-17)8-6-10-19-11-7-14(2)15(12-19)20-4/h14-15,18H,5-12H2,1-4H3. The lowest BCUT2D eigenvalue weighted by Gasteiger charge is -2.36. The van der Waals surface area contributed by atoms with E-state index in [4.69, 9.17) is 4.74 Å². The number of likely N-dealkylation sites (tertiary alicyclic amines) is 1. The highest BCUT2D eigenvalue weighted by Crippen LogP contribution is 2.20. The van der Waals surface area contributed by atoms with Gasteiger partial charge in [-0.3, -0.25) is 5.32 Å². The Morgan fingerprint density at radius 3 is 2.85 bits per heavy atom. The molecule has 116 valence electrons. The summed E-state index contributed by atoms with van der Waals surface area (Å²) in [5.41, 5.74) is -0.375. The van der Waals surface area contributed by atoms with Crippen molar-refractivity contribution in [1.82, 2.24) is 10.2 Å². The highest BCUT2D eigenvalue weighted by Gasteiger charge is 2.27. The molecule has 1 rings (SSSR count). The SMILES string of the molecule is CCCNC(C)(C#N)CCCN1CCC(C)C(OC)C1. The molecule has 4 nitrogen and oxygen atoms in total. The third kappa shape index (κ3) is 5.40. The van der Waals surface area contributed by atoms with Crippen molar-refractivity contribution >= 4 is 0 Å². The van der Waals surface area contributed by atoms with Crippen LogP contribution in [0.25, 0.3) is 0 Å². The van der Waals surface area contributed by atoms with Gasteiger partial charge in [0, 0.05) is 13.7 Å². The summed E-state index contributed by atoms with van der Waals surface area (Å²) in [5.74, 6) is 0.659. The average Bonchev–Trinajstić information content (AvgIpc) is 2.47. The summed E-state index contributed by atoms with van der Waals surface area (Å²) >= 11 is 0. The minimum Gasteiger partial charge on any atom is -0.380 e. The maximum Gasteiger partial charge on any atom is 0.103 e. The van der Waals surface area contributed by atoms with Crippen molar-refractivity contribution in [2.75, 3.05) is 33.3 Å². The molecule has 0 saturated carbocycles. The summed E-state index contributed by atoms with van der Waals surface area (Å²) in [4.78, 5) is 2.48. The first-order valence-electron chi connectivity index (χ1n) is 7.96. The van der Waals surface area contributed by atoms with E-state index >= 15 is 0 Å². The third-order valence-corrected chi connectivity index (χ3v) is 4.44. The monoisotopic (exact) mass is 281 g/mol. The van der Waals surface area contributed by atoms with Crippen molar-refractivity contribution in [3.05, 3.63) is 0 Å². The molecular formula is C16H31N3O. The second-order valence-corrected chi connectivity index (χ2v) is 6.31. The van der Waals surface area contributed by atoms with Crippen molar-refractivity contribution in [2.24, 2.45) is 5.92 Å². The molecule has 0 aromatic heterocycles. The van der Waals surface area contributed by atoms with Gasteiger partial charge in [-0.15, -0.1) is 0 Å². The average molecular weight is 281 g/mol. The lowest BCUT2D eigenvalue weighted by Crippen LogP contribution is -2.45. The van der Waals surface area contributed by atoms with E-state index in [0.717, 1.165) is 45.4 Å².